The van der Waals surface area contributed by atoms with Gasteiger partial charge in [-0.25, -0.2) is 4.39 Å². The van der Waals surface area contributed by atoms with Crippen LogP contribution >= 0.6 is 23.4 Å². The Bertz CT molecular complexity index is 531. The van der Waals surface area contributed by atoms with Gasteiger partial charge in [0.1, 0.15) is 5.82 Å². The zero-order valence-corrected chi connectivity index (χ0v) is 10.6. The number of halogens is 2. The first-order valence-corrected chi connectivity index (χ1v) is 6.44. The van der Waals surface area contributed by atoms with Gasteiger partial charge in [0.05, 0.1) is 5.69 Å². The van der Waals surface area contributed by atoms with Crippen LogP contribution in [0.2, 0.25) is 5.02 Å². The molecule has 0 aliphatic heterocycles. The van der Waals surface area contributed by atoms with Crippen molar-refractivity contribution in [2.45, 2.75) is 10.6 Å². The van der Waals surface area contributed by atoms with Gasteiger partial charge in [-0.15, -0.1) is 11.8 Å². The van der Waals surface area contributed by atoms with Crippen LogP contribution in [0.15, 0.2) is 47.4 Å². The minimum Gasteiger partial charge on any atom is -0.396 e. The van der Waals surface area contributed by atoms with Crippen molar-refractivity contribution in [3.63, 3.8) is 0 Å². The second kappa shape index (κ2) is 5.43. The molecule has 0 radical (unpaired) electrons. The molecule has 2 N–H and O–H groups in total. The van der Waals surface area contributed by atoms with E-state index in [-0.39, 0.29) is 11.5 Å². The molecule has 0 saturated heterocycles. The van der Waals surface area contributed by atoms with Crippen LogP contribution in [-0.2, 0) is 5.75 Å². The summed E-state index contributed by atoms with van der Waals surface area (Å²) in [6, 6.07) is 12.4. The molecule has 2 aromatic rings. The summed E-state index contributed by atoms with van der Waals surface area (Å²) in [5, 5.41) is 0.745. The SMILES string of the molecule is Nc1cc(SCc2ccccc2Cl)ccc1F. The first-order chi connectivity index (χ1) is 8.16. The molecule has 0 saturated carbocycles. The third-order valence-electron chi connectivity index (χ3n) is 2.32. The van der Waals surface area contributed by atoms with E-state index in [1.54, 1.807) is 23.9 Å². The van der Waals surface area contributed by atoms with E-state index in [2.05, 4.69) is 0 Å². The molecular weight excluding hydrogens is 257 g/mol. The molecule has 0 spiro atoms. The normalized spacial score (nSPS) is 10.5. The lowest BCUT2D eigenvalue weighted by atomic mass is 10.2. The maximum Gasteiger partial charge on any atom is 0.146 e. The third kappa shape index (κ3) is 3.14. The number of nitrogens with two attached hydrogens (primary N) is 1. The first kappa shape index (κ1) is 12.3. The second-order valence-corrected chi connectivity index (χ2v) is 5.02. The number of nitrogen functional groups attached to an aromatic ring is 1. The fourth-order valence-electron chi connectivity index (χ4n) is 1.39. The molecule has 0 amide bonds. The van der Waals surface area contributed by atoms with Crippen molar-refractivity contribution in [2.24, 2.45) is 0 Å². The summed E-state index contributed by atoms with van der Waals surface area (Å²) in [4.78, 5) is 0.934. The number of anilines is 1. The molecule has 88 valence electrons. The monoisotopic (exact) mass is 267 g/mol. The van der Waals surface area contributed by atoms with Gasteiger partial charge in [-0.05, 0) is 29.8 Å². The quantitative estimate of drug-likeness (QED) is 0.661. The minimum atomic E-state index is -0.382. The van der Waals surface area contributed by atoms with Crippen molar-refractivity contribution in [1.29, 1.82) is 0 Å². The van der Waals surface area contributed by atoms with E-state index < -0.39 is 0 Å². The van der Waals surface area contributed by atoms with Crippen molar-refractivity contribution in [2.75, 3.05) is 5.73 Å². The highest BCUT2D eigenvalue weighted by atomic mass is 35.5. The summed E-state index contributed by atoms with van der Waals surface area (Å²) in [6.45, 7) is 0. The zero-order chi connectivity index (χ0) is 12.3. The highest BCUT2D eigenvalue weighted by Crippen LogP contribution is 2.28. The van der Waals surface area contributed by atoms with Crippen molar-refractivity contribution in [1.82, 2.24) is 0 Å². The Balaban J connectivity index is 2.08. The van der Waals surface area contributed by atoms with E-state index in [9.17, 15) is 4.39 Å². The number of rotatable bonds is 3. The third-order valence-corrected chi connectivity index (χ3v) is 3.73. The maximum atomic E-state index is 13.0. The van der Waals surface area contributed by atoms with E-state index in [1.165, 1.54) is 6.07 Å². The average molecular weight is 268 g/mol. The second-order valence-electron chi connectivity index (χ2n) is 3.56. The van der Waals surface area contributed by atoms with Gasteiger partial charge in [0.2, 0.25) is 0 Å². The van der Waals surface area contributed by atoms with Gasteiger partial charge in [0.15, 0.2) is 0 Å². The highest BCUT2D eigenvalue weighted by Gasteiger charge is 2.03. The van der Waals surface area contributed by atoms with E-state index in [1.807, 2.05) is 24.3 Å². The minimum absolute atomic E-state index is 0.175. The van der Waals surface area contributed by atoms with Gasteiger partial charge in [-0.3, -0.25) is 0 Å². The van der Waals surface area contributed by atoms with E-state index in [4.69, 9.17) is 17.3 Å². The molecule has 0 heterocycles. The zero-order valence-electron chi connectivity index (χ0n) is 8.99. The lowest BCUT2D eigenvalue weighted by molar-refractivity contribution is 0.631. The predicted octanol–water partition coefficient (Wildman–Crippen LogP) is 4.35. The van der Waals surface area contributed by atoms with E-state index >= 15 is 0 Å². The van der Waals surface area contributed by atoms with Crippen LogP contribution in [0.3, 0.4) is 0 Å². The van der Waals surface area contributed by atoms with Crippen LogP contribution in [0.1, 0.15) is 5.56 Å². The molecule has 0 unspecified atom stereocenters. The Morgan fingerprint density at radius 1 is 1.18 bits per heavy atom. The maximum absolute atomic E-state index is 13.0. The van der Waals surface area contributed by atoms with Crippen LogP contribution in [0.4, 0.5) is 10.1 Å². The van der Waals surface area contributed by atoms with Crippen molar-refractivity contribution >= 4 is 29.1 Å². The Hall–Kier alpha value is -1.19. The van der Waals surface area contributed by atoms with Crippen molar-refractivity contribution in [3.8, 4) is 0 Å². The van der Waals surface area contributed by atoms with Crippen LogP contribution in [0.5, 0.6) is 0 Å². The summed E-state index contributed by atoms with van der Waals surface area (Å²) in [7, 11) is 0. The molecule has 2 rings (SSSR count). The largest absolute Gasteiger partial charge is 0.396 e. The van der Waals surface area contributed by atoms with Crippen LogP contribution < -0.4 is 5.73 Å². The molecule has 0 atom stereocenters. The molecule has 0 aliphatic carbocycles. The van der Waals surface area contributed by atoms with Gasteiger partial charge in [0.25, 0.3) is 0 Å². The lowest BCUT2D eigenvalue weighted by Gasteiger charge is -2.05. The average Bonchev–Trinajstić information content (AvgIpc) is 2.32. The summed E-state index contributed by atoms with van der Waals surface area (Å²) in [5.41, 5.74) is 6.74. The van der Waals surface area contributed by atoms with Crippen LogP contribution in [-0.4, -0.2) is 0 Å². The molecule has 0 bridgehead atoms. The molecule has 0 aliphatic rings. The van der Waals surface area contributed by atoms with Gasteiger partial charge < -0.3 is 5.73 Å². The number of benzene rings is 2. The predicted molar refractivity (Wildman–Crippen MR) is 71.8 cm³/mol. The standard InChI is InChI=1S/C13H11ClFNS/c14-11-4-2-1-3-9(11)8-17-10-5-6-12(15)13(16)7-10/h1-7H,8,16H2. The molecule has 17 heavy (non-hydrogen) atoms. The first-order valence-electron chi connectivity index (χ1n) is 5.08. The van der Waals surface area contributed by atoms with Gasteiger partial charge in [0, 0.05) is 15.7 Å². The summed E-state index contributed by atoms with van der Waals surface area (Å²) in [6.07, 6.45) is 0. The number of hydrogen-bond donors (Lipinski definition) is 1. The summed E-state index contributed by atoms with van der Waals surface area (Å²) >= 11 is 7.63. The van der Waals surface area contributed by atoms with Crippen LogP contribution in [0.25, 0.3) is 0 Å². The number of hydrogen-bond acceptors (Lipinski definition) is 2. The Labute approximate surface area is 109 Å². The molecule has 0 aromatic heterocycles. The van der Waals surface area contributed by atoms with Gasteiger partial charge in [-0.1, -0.05) is 29.8 Å². The molecular formula is C13H11ClFNS. The molecule has 4 heteroatoms. The van der Waals surface area contributed by atoms with Crippen molar-refractivity contribution < 1.29 is 4.39 Å². The fourth-order valence-corrected chi connectivity index (χ4v) is 2.62. The fraction of sp³-hybridized carbons (Fsp3) is 0.0769. The van der Waals surface area contributed by atoms with Gasteiger partial charge in [-0.2, -0.15) is 0 Å². The Morgan fingerprint density at radius 2 is 1.94 bits per heavy atom. The lowest BCUT2D eigenvalue weighted by Crippen LogP contribution is -1.90. The molecule has 2 aromatic carbocycles. The number of thioether (sulfide) groups is 1. The van der Waals surface area contributed by atoms with Crippen molar-refractivity contribution in [3.05, 3.63) is 58.9 Å². The highest BCUT2D eigenvalue weighted by molar-refractivity contribution is 7.98. The molecule has 1 nitrogen and oxygen atoms in total. The van der Waals surface area contributed by atoms with E-state index in [0.29, 0.717) is 0 Å². The molecule has 0 fully saturated rings. The summed E-state index contributed by atoms with van der Waals surface area (Å²) in [5.74, 6) is 0.358. The topological polar surface area (TPSA) is 26.0 Å². The van der Waals surface area contributed by atoms with E-state index in [0.717, 1.165) is 21.2 Å². The Kier molecular flexibility index (Phi) is 3.92. The van der Waals surface area contributed by atoms with Gasteiger partial charge >= 0.3 is 0 Å². The van der Waals surface area contributed by atoms with Crippen LogP contribution in [0, 0.1) is 5.82 Å². The summed E-state index contributed by atoms with van der Waals surface area (Å²) < 4.78 is 13.0. The smallest absolute Gasteiger partial charge is 0.146 e. The Morgan fingerprint density at radius 3 is 2.65 bits per heavy atom.